The van der Waals surface area contributed by atoms with Crippen molar-refractivity contribution in [2.75, 3.05) is 25.6 Å². The highest BCUT2D eigenvalue weighted by Crippen LogP contribution is 2.13. The molecular formula is C17H24N2O2. The fourth-order valence-electron chi connectivity index (χ4n) is 2.10. The smallest absolute Gasteiger partial charge is 0.0718 e. The fraction of sp³-hybridized carbons (Fsp3) is 0.412. The van der Waals surface area contributed by atoms with Gasteiger partial charge >= 0.3 is 0 Å². The number of nitrogens with zero attached hydrogens (tertiary/aromatic N) is 1. The number of aryl methyl sites for hydroxylation is 1. The van der Waals surface area contributed by atoms with Gasteiger partial charge in [0.05, 0.1) is 19.8 Å². The molecule has 0 amide bonds. The van der Waals surface area contributed by atoms with Crippen LogP contribution in [0, 0.1) is 0 Å². The molecule has 0 unspecified atom stereocenters. The second-order valence-corrected chi connectivity index (χ2v) is 4.95. The number of rotatable bonds is 9. The minimum atomic E-state index is 0.616. The van der Waals surface area contributed by atoms with Gasteiger partial charge in [0.25, 0.3) is 0 Å². The van der Waals surface area contributed by atoms with E-state index in [9.17, 15) is 0 Å². The molecule has 4 heteroatoms. The molecule has 1 N–H and O–H groups in total. The Bertz CT molecular complexity index is 537. The molecule has 0 atom stereocenters. The van der Waals surface area contributed by atoms with Gasteiger partial charge in [0.2, 0.25) is 0 Å². The predicted octanol–water partition coefficient (Wildman–Crippen LogP) is 3.28. The molecule has 0 saturated carbocycles. The monoisotopic (exact) mass is 288 g/mol. The second kappa shape index (κ2) is 8.49. The van der Waals surface area contributed by atoms with Crippen LogP contribution in [-0.4, -0.2) is 24.9 Å². The Kier molecular flexibility index (Phi) is 6.31. The highest BCUT2D eigenvalue weighted by atomic mass is 16.5. The lowest BCUT2D eigenvalue weighted by molar-refractivity contribution is 0.0617. The van der Waals surface area contributed by atoms with Crippen LogP contribution < -0.4 is 5.32 Å². The Morgan fingerprint density at radius 3 is 2.81 bits per heavy atom. The minimum Gasteiger partial charge on any atom is -0.382 e. The normalized spacial score (nSPS) is 10.8. The van der Waals surface area contributed by atoms with Gasteiger partial charge in [0.1, 0.15) is 0 Å². The number of benzene rings is 1. The maximum atomic E-state index is 5.54. The van der Waals surface area contributed by atoms with Gasteiger partial charge in [0, 0.05) is 38.3 Å². The van der Waals surface area contributed by atoms with Crippen LogP contribution in [-0.2, 0) is 29.2 Å². The van der Waals surface area contributed by atoms with E-state index in [0.29, 0.717) is 19.8 Å². The fourth-order valence-corrected chi connectivity index (χ4v) is 2.10. The Morgan fingerprint density at radius 2 is 2.05 bits per heavy atom. The second-order valence-electron chi connectivity index (χ2n) is 4.95. The molecule has 0 spiro atoms. The molecular weight excluding hydrogens is 264 g/mol. The van der Waals surface area contributed by atoms with Crippen molar-refractivity contribution < 1.29 is 9.47 Å². The van der Waals surface area contributed by atoms with Crippen molar-refractivity contribution in [3.63, 3.8) is 0 Å². The van der Waals surface area contributed by atoms with E-state index in [2.05, 4.69) is 59.5 Å². The Labute approximate surface area is 126 Å². The molecule has 114 valence electrons. The van der Waals surface area contributed by atoms with Crippen LogP contribution >= 0.6 is 0 Å². The van der Waals surface area contributed by atoms with Crippen LogP contribution in [0.5, 0.6) is 0 Å². The molecule has 0 bridgehead atoms. The van der Waals surface area contributed by atoms with Crippen LogP contribution in [0.3, 0.4) is 0 Å². The van der Waals surface area contributed by atoms with Crippen LogP contribution in [0.15, 0.2) is 42.7 Å². The molecule has 2 rings (SSSR count). The minimum absolute atomic E-state index is 0.616. The summed E-state index contributed by atoms with van der Waals surface area (Å²) in [5.41, 5.74) is 3.58. The lowest BCUT2D eigenvalue weighted by atomic mass is 10.2. The van der Waals surface area contributed by atoms with Gasteiger partial charge in [-0.3, -0.25) is 0 Å². The van der Waals surface area contributed by atoms with E-state index in [4.69, 9.17) is 9.47 Å². The van der Waals surface area contributed by atoms with Crippen molar-refractivity contribution in [3.8, 4) is 0 Å². The van der Waals surface area contributed by atoms with E-state index in [1.165, 1.54) is 11.1 Å². The van der Waals surface area contributed by atoms with E-state index in [1.54, 1.807) is 7.11 Å². The van der Waals surface area contributed by atoms with Gasteiger partial charge in [-0.25, -0.2) is 0 Å². The molecule has 0 fully saturated rings. The number of hydrogen-bond donors (Lipinski definition) is 1. The van der Waals surface area contributed by atoms with Crippen LogP contribution in [0.2, 0.25) is 0 Å². The van der Waals surface area contributed by atoms with Gasteiger partial charge in [0.15, 0.2) is 0 Å². The molecule has 0 saturated heterocycles. The van der Waals surface area contributed by atoms with E-state index in [-0.39, 0.29) is 0 Å². The maximum absolute atomic E-state index is 5.54. The number of ether oxygens (including phenoxy) is 2. The largest absolute Gasteiger partial charge is 0.382 e. The van der Waals surface area contributed by atoms with E-state index in [1.807, 2.05) is 0 Å². The number of aromatic nitrogens is 1. The average molecular weight is 288 g/mol. The van der Waals surface area contributed by atoms with Gasteiger partial charge in [-0.1, -0.05) is 12.1 Å². The van der Waals surface area contributed by atoms with Crippen molar-refractivity contribution in [2.45, 2.75) is 26.6 Å². The summed E-state index contributed by atoms with van der Waals surface area (Å²) >= 11 is 0. The number of methoxy groups -OCH3 is 1. The summed E-state index contributed by atoms with van der Waals surface area (Å²) in [5.74, 6) is 0. The Morgan fingerprint density at radius 1 is 1.14 bits per heavy atom. The molecule has 0 aliphatic carbocycles. The molecule has 2 aromatic rings. The first-order chi connectivity index (χ1) is 10.3. The van der Waals surface area contributed by atoms with Gasteiger partial charge < -0.3 is 19.4 Å². The summed E-state index contributed by atoms with van der Waals surface area (Å²) in [6.07, 6.45) is 4.28. The number of hydrogen-bond acceptors (Lipinski definition) is 3. The van der Waals surface area contributed by atoms with E-state index >= 15 is 0 Å². The van der Waals surface area contributed by atoms with Crippen molar-refractivity contribution in [1.29, 1.82) is 0 Å². The van der Waals surface area contributed by atoms with Crippen molar-refractivity contribution >= 4 is 5.69 Å². The zero-order valence-electron chi connectivity index (χ0n) is 12.8. The van der Waals surface area contributed by atoms with E-state index < -0.39 is 0 Å². The third kappa shape index (κ3) is 5.25. The summed E-state index contributed by atoms with van der Waals surface area (Å²) in [7, 11) is 1.68. The molecule has 1 aromatic heterocycles. The highest BCUT2D eigenvalue weighted by Gasteiger charge is 1.99. The summed E-state index contributed by atoms with van der Waals surface area (Å²) < 4.78 is 12.7. The molecule has 0 radical (unpaired) electrons. The first-order valence-corrected chi connectivity index (χ1v) is 7.36. The average Bonchev–Trinajstić information content (AvgIpc) is 2.98. The van der Waals surface area contributed by atoms with Crippen LogP contribution in [0.4, 0.5) is 5.69 Å². The van der Waals surface area contributed by atoms with Crippen molar-refractivity contribution in [3.05, 3.63) is 53.9 Å². The summed E-state index contributed by atoms with van der Waals surface area (Å²) in [5, 5.41) is 3.45. The topological polar surface area (TPSA) is 35.4 Å². The third-order valence-corrected chi connectivity index (χ3v) is 3.30. The Balaban J connectivity index is 1.82. The van der Waals surface area contributed by atoms with E-state index in [0.717, 1.165) is 18.8 Å². The molecule has 0 aliphatic rings. The lowest BCUT2D eigenvalue weighted by Gasteiger charge is -2.08. The zero-order chi connectivity index (χ0) is 14.9. The van der Waals surface area contributed by atoms with Crippen molar-refractivity contribution in [1.82, 2.24) is 4.57 Å². The Hall–Kier alpha value is -1.78. The summed E-state index contributed by atoms with van der Waals surface area (Å²) in [6.45, 7) is 5.86. The van der Waals surface area contributed by atoms with Gasteiger partial charge in [-0.05, 0) is 36.2 Å². The first-order valence-electron chi connectivity index (χ1n) is 7.36. The van der Waals surface area contributed by atoms with Crippen LogP contribution in [0.1, 0.15) is 18.1 Å². The van der Waals surface area contributed by atoms with Gasteiger partial charge in [-0.2, -0.15) is 0 Å². The van der Waals surface area contributed by atoms with Crippen LogP contribution in [0.25, 0.3) is 0 Å². The number of anilines is 1. The molecule has 21 heavy (non-hydrogen) atoms. The summed E-state index contributed by atoms with van der Waals surface area (Å²) in [4.78, 5) is 0. The highest BCUT2D eigenvalue weighted by molar-refractivity contribution is 5.46. The molecule has 4 nitrogen and oxygen atoms in total. The summed E-state index contributed by atoms with van der Waals surface area (Å²) in [6, 6.07) is 10.5. The number of nitrogens with one attached hydrogen (secondary N) is 1. The van der Waals surface area contributed by atoms with Crippen molar-refractivity contribution in [2.24, 2.45) is 0 Å². The molecule has 0 aliphatic heterocycles. The lowest BCUT2D eigenvalue weighted by Crippen LogP contribution is -2.03. The molecule has 1 heterocycles. The SMILES string of the molecule is CCn1ccc(CNc2cccc(COCCOC)c2)c1. The quantitative estimate of drug-likeness (QED) is 0.719. The zero-order valence-corrected chi connectivity index (χ0v) is 12.8. The third-order valence-electron chi connectivity index (χ3n) is 3.30. The standard InChI is InChI=1S/C17H24N2O2/c1-3-19-8-7-16(13-19)12-18-17-6-4-5-15(11-17)14-21-10-9-20-2/h4-8,11,13,18H,3,9-10,12,14H2,1-2H3. The maximum Gasteiger partial charge on any atom is 0.0718 e. The first kappa shape index (κ1) is 15.6. The molecule has 1 aromatic carbocycles. The predicted molar refractivity (Wildman–Crippen MR) is 85.4 cm³/mol. The van der Waals surface area contributed by atoms with Gasteiger partial charge in [-0.15, -0.1) is 0 Å².